The minimum atomic E-state index is -0.184. The van der Waals surface area contributed by atoms with Gasteiger partial charge in [0.1, 0.15) is 0 Å². The van der Waals surface area contributed by atoms with Crippen LogP contribution in [0.25, 0.3) is 0 Å². The predicted octanol–water partition coefficient (Wildman–Crippen LogP) is 5.15. The molecule has 4 nitrogen and oxygen atoms in total. The van der Waals surface area contributed by atoms with Crippen LogP contribution in [0.4, 0.5) is 0 Å². The molecule has 0 fully saturated rings. The number of nitrogens with zero attached hydrogens (tertiary/aromatic N) is 2. The molecule has 5 rings (SSSR count). The van der Waals surface area contributed by atoms with E-state index in [9.17, 15) is 4.79 Å². The second-order valence-electron chi connectivity index (χ2n) is 8.28. The average Bonchev–Trinajstić information content (AvgIpc) is 3.18. The molecule has 2 atom stereocenters. The van der Waals surface area contributed by atoms with Crippen molar-refractivity contribution in [2.24, 2.45) is 0 Å². The van der Waals surface area contributed by atoms with Crippen LogP contribution in [0.15, 0.2) is 66.9 Å². The fourth-order valence-electron chi connectivity index (χ4n) is 5.19. The number of hydrogen-bond acceptors (Lipinski definition) is 3. The maximum absolute atomic E-state index is 12.7. The summed E-state index contributed by atoms with van der Waals surface area (Å²) in [5.74, 6) is -0.184. The summed E-state index contributed by atoms with van der Waals surface area (Å²) in [6.45, 7) is 4.14. The van der Waals surface area contributed by atoms with Gasteiger partial charge in [0.05, 0.1) is 24.3 Å². The van der Waals surface area contributed by atoms with Gasteiger partial charge in [0, 0.05) is 25.0 Å². The summed E-state index contributed by atoms with van der Waals surface area (Å²) in [5, 5.41) is 0. The van der Waals surface area contributed by atoms with E-state index in [2.05, 4.69) is 76.3 Å². The number of aromatic nitrogens is 1. The third kappa shape index (κ3) is 3.35. The lowest BCUT2D eigenvalue weighted by molar-refractivity contribution is 0.0525. The van der Waals surface area contributed by atoms with Crippen LogP contribution in [0, 0.1) is 0 Å². The zero-order valence-corrected chi connectivity index (χ0v) is 17.5. The zero-order valence-electron chi connectivity index (χ0n) is 17.5. The van der Waals surface area contributed by atoms with Gasteiger partial charge in [-0.25, -0.2) is 4.79 Å². The molecule has 0 saturated heterocycles. The standard InChI is InChI=1S/C26H28N2O2/c1-2-30-26(29)22-17-28-24(20-12-7-4-8-13-20)18-27(16-19-10-5-3-6-11-19)23-15-9-14-21(22)25(23)28/h3-8,10-13,17,23-24H,2,9,14-16,18H2,1H3/t23-,24-/m0/s1. The molecule has 30 heavy (non-hydrogen) atoms. The lowest BCUT2D eigenvalue weighted by Gasteiger charge is -2.43. The summed E-state index contributed by atoms with van der Waals surface area (Å²) in [4.78, 5) is 15.4. The van der Waals surface area contributed by atoms with Gasteiger partial charge in [-0.2, -0.15) is 0 Å². The molecule has 0 radical (unpaired) electrons. The Morgan fingerprint density at radius 2 is 1.77 bits per heavy atom. The first-order valence-electron chi connectivity index (χ1n) is 11.0. The Morgan fingerprint density at radius 1 is 1.03 bits per heavy atom. The van der Waals surface area contributed by atoms with Gasteiger partial charge in [-0.3, -0.25) is 4.90 Å². The second-order valence-corrected chi connectivity index (χ2v) is 8.28. The monoisotopic (exact) mass is 400 g/mol. The van der Waals surface area contributed by atoms with Gasteiger partial charge in [-0.15, -0.1) is 0 Å². The third-order valence-electron chi connectivity index (χ3n) is 6.49. The molecule has 0 unspecified atom stereocenters. The number of hydrogen-bond donors (Lipinski definition) is 0. The maximum atomic E-state index is 12.7. The number of ether oxygens (including phenoxy) is 1. The minimum Gasteiger partial charge on any atom is -0.462 e. The van der Waals surface area contributed by atoms with Gasteiger partial charge in [-0.05, 0) is 42.9 Å². The van der Waals surface area contributed by atoms with E-state index < -0.39 is 0 Å². The predicted molar refractivity (Wildman–Crippen MR) is 118 cm³/mol. The van der Waals surface area contributed by atoms with Crippen LogP contribution in [-0.2, 0) is 17.7 Å². The molecule has 0 spiro atoms. The van der Waals surface area contributed by atoms with E-state index >= 15 is 0 Å². The van der Waals surface area contributed by atoms with Crippen LogP contribution in [-0.4, -0.2) is 28.6 Å². The van der Waals surface area contributed by atoms with Gasteiger partial charge in [0.2, 0.25) is 0 Å². The Bertz CT molecular complexity index is 1030. The third-order valence-corrected chi connectivity index (χ3v) is 6.49. The van der Waals surface area contributed by atoms with Crippen LogP contribution in [0.2, 0.25) is 0 Å². The summed E-state index contributed by atoms with van der Waals surface area (Å²) < 4.78 is 7.78. The van der Waals surface area contributed by atoms with Gasteiger partial charge in [-0.1, -0.05) is 60.7 Å². The van der Waals surface area contributed by atoms with Crippen molar-refractivity contribution in [3.8, 4) is 0 Å². The number of carbonyl (C=O) groups is 1. The summed E-state index contributed by atoms with van der Waals surface area (Å²) in [6, 6.07) is 21.9. The molecule has 2 heterocycles. The van der Waals surface area contributed by atoms with E-state index in [-0.39, 0.29) is 12.0 Å². The quantitative estimate of drug-likeness (QED) is 0.556. The fraction of sp³-hybridized carbons (Fsp3) is 0.346. The Hall–Kier alpha value is -2.85. The van der Waals surface area contributed by atoms with Crippen LogP contribution in [0.1, 0.15) is 64.6 Å². The molecule has 4 heteroatoms. The summed E-state index contributed by atoms with van der Waals surface area (Å²) in [5.41, 5.74) is 5.90. The van der Waals surface area contributed by atoms with Crippen molar-refractivity contribution in [2.45, 2.75) is 44.8 Å². The second kappa shape index (κ2) is 8.11. The first-order valence-corrected chi connectivity index (χ1v) is 11.0. The molecule has 3 aromatic rings. The molecular formula is C26H28N2O2. The molecule has 0 amide bonds. The number of benzene rings is 2. The molecule has 2 aromatic carbocycles. The fourth-order valence-corrected chi connectivity index (χ4v) is 5.19. The largest absolute Gasteiger partial charge is 0.462 e. The van der Waals surface area contributed by atoms with Crippen molar-refractivity contribution in [1.29, 1.82) is 0 Å². The minimum absolute atomic E-state index is 0.184. The zero-order chi connectivity index (χ0) is 20.5. The smallest absolute Gasteiger partial charge is 0.339 e. The van der Waals surface area contributed by atoms with E-state index in [1.807, 2.05) is 6.92 Å². The van der Waals surface area contributed by atoms with E-state index in [1.165, 1.54) is 22.4 Å². The van der Waals surface area contributed by atoms with Gasteiger partial charge in [0.25, 0.3) is 0 Å². The van der Waals surface area contributed by atoms with Crippen molar-refractivity contribution < 1.29 is 9.53 Å². The van der Waals surface area contributed by atoms with Gasteiger partial charge in [0.15, 0.2) is 0 Å². The average molecular weight is 401 g/mol. The lowest BCUT2D eigenvalue weighted by Crippen LogP contribution is -2.42. The Balaban J connectivity index is 1.61. The van der Waals surface area contributed by atoms with Crippen molar-refractivity contribution in [1.82, 2.24) is 9.47 Å². The highest BCUT2D eigenvalue weighted by atomic mass is 16.5. The van der Waals surface area contributed by atoms with E-state index in [4.69, 9.17) is 4.74 Å². The van der Waals surface area contributed by atoms with Crippen molar-refractivity contribution in [3.05, 3.63) is 94.8 Å². The Labute approximate surface area is 178 Å². The van der Waals surface area contributed by atoms with Crippen LogP contribution >= 0.6 is 0 Å². The van der Waals surface area contributed by atoms with Crippen molar-refractivity contribution in [2.75, 3.05) is 13.2 Å². The summed E-state index contributed by atoms with van der Waals surface area (Å²) in [6.07, 6.45) is 5.26. The SMILES string of the molecule is CCOC(=O)c1cn2c3c1CCC[C@@H]3N(Cc1ccccc1)C[C@H]2c1ccccc1. The highest BCUT2D eigenvalue weighted by Gasteiger charge is 2.39. The number of carbonyl (C=O) groups excluding carboxylic acids is 1. The van der Waals surface area contributed by atoms with E-state index in [0.29, 0.717) is 12.6 Å². The van der Waals surface area contributed by atoms with E-state index in [0.717, 1.165) is 37.9 Å². The summed E-state index contributed by atoms with van der Waals surface area (Å²) in [7, 11) is 0. The van der Waals surface area contributed by atoms with Crippen molar-refractivity contribution >= 4 is 5.97 Å². The van der Waals surface area contributed by atoms with Crippen LogP contribution < -0.4 is 0 Å². The maximum Gasteiger partial charge on any atom is 0.339 e. The molecule has 1 aliphatic heterocycles. The lowest BCUT2D eigenvalue weighted by atomic mass is 9.87. The molecule has 154 valence electrons. The Morgan fingerprint density at radius 3 is 2.50 bits per heavy atom. The molecule has 1 aliphatic carbocycles. The van der Waals surface area contributed by atoms with Crippen LogP contribution in [0.3, 0.4) is 0 Å². The number of esters is 1. The molecule has 1 aromatic heterocycles. The van der Waals surface area contributed by atoms with Gasteiger partial charge >= 0.3 is 5.97 Å². The molecule has 2 aliphatic rings. The highest BCUT2D eigenvalue weighted by molar-refractivity contribution is 5.91. The summed E-state index contributed by atoms with van der Waals surface area (Å²) >= 11 is 0. The number of rotatable bonds is 5. The topological polar surface area (TPSA) is 34.5 Å². The highest BCUT2D eigenvalue weighted by Crippen LogP contribution is 2.44. The first-order chi connectivity index (χ1) is 14.8. The van der Waals surface area contributed by atoms with Gasteiger partial charge < -0.3 is 9.30 Å². The molecular weight excluding hydrogens is 372 g/mol. The van der Waals surface area contributed by atoms with Crippen LogP contribution in [0.5, 0.6) is 0 Å². The van der Waals surface area contributed by atoms with E-state index in [1.54, 1.807) is 0 Å². The Kier molecular flexibility index (Phi) is 5.17. The molecule has 0 saturated carbocycles. The first kappa shape index (κ1) is 19.1. The normalized spacial score (nSPS) is 20.6. The van der Waals surface area contributed by atoms with Crippen molar-refractivity contribution in [3.63, 3.8) is 0 Å². The molecule has 0 N–H and O–H groups in total. The molecule has 0 bridgehead atoms.